The van der Waals surface area contributed by atoms with Crippen molar-refractivity contribution in [3.63, 3.8) is 0 Å². The first kappa shape index (κ1) is 17.1. The van der Waals surface area contributed by atoms with E-state index in [1.54, 1.807) is 0 Å². The van der Waals surface area contributed by atoms with Crippen molar-refractivity contribution in [2.45, 2.75) is 0 Å². The average Bonchev–Trinajstić information content (AvgIpc) is 2.49. The Morgan fingerprint density at radius 1 is 1.48 bits per heavy atom. The second-order valence-corrected chi connectivity index (χ2v) is 4.21. The predicted octanol–water partition coefficient (Wildman–Crippen LogP) is 0.217. The van der Waals surface area contributed by atoms with Gasteiger partial charge in [-0.05, 0) is 18.2 Å². The molecule has 1 aromatic carbocycles. The third kappa shape index (κ3) is 5.16. The molecule has 114 valence electrons. The number of hydrogen-bond acceptors (Lipinski definition) is 4. The SMILES string of the molecule is COCCN(CCO)C(=O)c1ccc(C#CCN)c(F)c1. The molecule has 1 rings (SSSR count). The summed E-state index contributed by atoms with van der Waals surface area (Å²) in [5.74, 6) is 4.22. The minimum Gasteiger partial charge on any atom is -0.395 e. The van der Waals surface area contributed by atoms with Gasteiger partial charge in [0, 0.05) is 25.8 Å². The summed E-state index contributed by atoms with van der Waals surface area (Å²) in [4.78, 5) is 13.7. The van der Waals surface area contributed by atoms with E-state index in [-0.39, 0.29) is 36.7 Å². The highest BCUT2D eigenvalue weighted by Crippen LogP contribution is 2.12. The Bertz CT molecular complexity index is 537. The van der Waals surface area contributed by atoms with Crippen LogP contribution in [0.5, 0.6) is 0 Å². The molecule has 0 spiro atoms. The van der Waals surface area contributed by atoms with Crippen molar-refractivity contribution in [3.05, 3.63) is 35.1 Å². The van der Waals surface area contributed by atoms with Crippen LogP contribution < -0.4 is 5.73 Å². The van der Waals surface area contributed by atoms with E-state index in [1.165, 1.54) is 24.1 Å². The van der Waals surface area contributed by atoms with E-state index in [2.05, 4.69) is 11.8 Å². The minimum absolute atomic E-state index is 0.140. The monoisotopic (exact) mass is 294 g/mol. The lowest BCUT2D eigenvalue weighted by Crippen LogP contribution is -2.36. The van der Waals surface area contributed by atoms with Crippen molar-refractivity contribution < 1.29 is 19.0 Å². The molecule has 5 nitrogen and oxygen atoms in total. The highest BCUT2D eigenvalue weighted by molar-refractivity contribution is 5.94. The molecule has 0 atom stereocenters. The fourth-order valence-electron chi connectivity index (χ4n) is 1.72. The van der Waals surface area contributed by atoms with Gasteiger partial charge in [0.1, 0.15) is 5.82 Å². The van der Waals surface area contributed by atoms with Crippen LogP contribution in [0.4, 0.5) is 4.39 Å². The van der Waals surface area contributed by atoms with Gasteiger partial charge in [0.15, 0.2) is 0 Å². The summed E-state index contributed by atoms with van der Waals surface area (Å²) < 4.78 is 18.8. The van der Waals surface area contributed by atoms with Crippen molar-refractivity contribution in [3.8, 4) is 11.8 Å². The van der Waals surface area contributed by atoms with E-state index < -0.39 is 5.82 Å². The van der Waals surface area contributed by atoms with Crippen molar-refractivity contribution in [1.82, 2.24) is 4.90 Å². The molecule has 0 saturated carbocycles. The fraction of sp³-hybridized carbons (Fsp3) is 0.400. The zero-order valence-electron chi connectivity index (χ0n) is 11.9. The van der Waals surface area contributed by atoms with Crippen LogP contribution in [0.3, 0.4) is 0 Å². The summed E-state index contributed by atoms with van der Waals surface area (Å²) in [7, 11) is 1.52. The smallest absolute Gasteiger partial charge is 0.254 e. The number of nitrogens with zero attached hydrogens (tertiary/aromatic N) is 1. The van der Waals surface area contributed by atoms with Crippen LogP contribution in [0.2, 0.25) is 0 Å². The Balaban J connectivity index is 2.92. The molecule has 0 heterocycles. The molecule has 0 aromatic heterocycles. The van der Waals surface area contributed by atoms with Crippen LogP contribution in [0.1, 0.15) is 15.9 Å². The summed E-state index contributed by atoms with van der Waals surface area (Å²) in [6.45, 7) is 0.804. The largest absolute Gasteiger partial charge is 0.395 e. The zero-order valence-corrected chi connectivity index (χ0v) is 11.9. The number of nitrogens with two attached hydrogens (primary N) is 1. The second kappa shape index (κ2) is 9.08. The molecule has 0 fully saturated rings. The van der Waals surface area contributed by atoms with E-state index in [4.69, 9.17) is 15.6 Å². The summed E-state index contributed by atoms with van der Waals surface area (Å²) in [6, 6.07) is 4.09. The van der Waals surface area contributed by atoms with E-state index in [1.807, 2.05) is 0 Å². The molecule has 1 amide bonds. The molecule has 0 unspecified atom stereocenters. The Hall–Kier alpha value is -1.94. The van der Waals surface area contributed by atoms with Gasteiger partial charge in [-0.25, -0.2) is 4.39 Å². The third-order valence-electron chi connectivity index (χ3n) is 2.76. The second-order valence-electron chi connectivity index (χ2n) is 4.21. The summed E-state index contributed by atoms with van der Waals surface area (Å²) in [5, 5.41) is 8.99. The molecular weight excluding hydrogens is 275 g/mol. The molecule has 0 aliphatic heterocycles. The lowest BCUT2D eigenvalue weighted by atomic mass is 10.1. The van der Waals surface area contributed by atoms with Gasteiger partial charge < -0.3 is 20.5 Å². The Labute approximate surface area is 123 Å². The number of ether oxygens (including phenoxy) is 1. The molecular formula is C15H19FN2O3. The number of halogens is 1. The number of methoxy groups -OCH3 is 1. The van der Waals surface area contributed by atoms with Crippen molar-refractivity contribution in [2.75, 3.05) is 40.0 Å². The van der Waals surface area contributed by atoms with E-state index >= 15 is 0 Å². The first-order valence-electron chi connectivity index (χ1n) is 6.51. The topological polar surface area (TPSA) is 75.8 Å². The Morgan fingerprint density at radius 2 is 2.24 bits per heavy atom. The highest BCUT2D eigenvalue weighted by Gasteiger charge is 2.16. The molecule has 21 heavy (non-hydrogen) atoms. The quantitative estimate of drug-likeness (QED) is 0.736. The molecule has 6 heteroatoms. The average molecular weight is 294 g/mol. The normalized spacial score (nSPS) is 9.90. The standard InChI is InChI=1S/C15H19FN2O3/c1-21-10-8-18(7-9-19)15(20)13-5-4-12(3-2-6-17)14(16)11-13/h4-5,11,19H,6-10,17H2,1H3. The number of hydrogen-bond donors (Lipinski definition) is 2. The van der Waals surface area contributed by atoms with Crippen molar-refractivity contribution in [2.24, 2.45) is 5.73 Å². The number of benzene rings is 1. The molecule has 3 N–H and O–H groups in total. The van der Waals surface area contributed by atoms with Crippen LogP contribution in [0, 0.1) is 17.7 Å². The first-order valence-corrected chi connectivity index (χ1v) is 6.51. The van der Waals surface area contributed by atoms with Gasteiger partial charge in [0.05, 0.1) is 25.3 Å². The van der Waals surface area contributed by atoms with Crippen molar-refractivity contribution >= 4 is 5.91 Å². The maximum atomic E-state index is 13.8. The molecule has 0 aliphatic carbocycles. The van der Waals surface area contributed by atoms with Crippen LogP contribution in [0.25, 0.3) is 0 Å². The van der Waals surface area contributed by atoms with Gasteiger partial charge in [0.25, 0.3) is 5.91 Å². The number of carbonyl (C=O) groups excluding carboxylic acids is 1. The summed E-state index contributed by atoms with van der Waals surface area (Å²) in [5.41, 5.74) is 5.63. The van der Waals surface area contributed by atoms with Crippen LogP contribution >= 0.6 is 0 Å². The zero-order chi connectivity index (χ0) is 15.7. The Morgan fingerprint density at radius 3 is 2.81 bits per heavy atom. The molecule has 0 aliphatic rings. The van der Waals surface area contributed by atoms with Gasteiger partial charge in [-0.15, -0.1) is 0 Å². The number of rotatable bonds is 6. The number of carbonyl (C=O) groups is 1. The van der Waals surface area contributed by atoms with Gasteiger partial charge >= 0.3 is 0 Å². The van der Waals surface area contributed by atoms with E-state index in [0.29, 0.717) is 13.2 Å². The maximum Gasteiger partial charge on any atom is 0.254 e. The van der Waals surface area contributed by atoms with Crippen LogP contribution in [0.15, 0.2) is 18.2 Å². The lowest BCUT2D eigenvalue weighted by Gasteiger charge is -2.21. The lowest BCUT2D eigenvalue weighted by molar-refractivity contribution is 0.0656. The van der Waals surface area contributed by atoms with Gasteiger partial charge in [-0.3, -0.25) is 4.79 Å². The summed E-state index contributed by atoms with van der Waals surface area (Å²) in [6.07, 6.45) is 0. The highest BCUT2D eigenvalue weighted by atomic mass is 19.1. The third-order valence-corrected chi connectivity index (χ3v) is 2.76. The van der Waals surface area contributed by atoms with Crippen LogP contribution in [-0.4, -0.2) is 55.9 Å². The van der Waals surface area contributed by atoms with E-state index in [9.17, 15) is 9.18 Å². The molecule has 0 saturated heterocycles. The predicted molar refractivity (Wildman–Crippen MR) is 77.2 cm³/mol. The van der Waals surface area contributed by atoms with Gasteiger partial charge in [-0.1, -0.05) is 11.8 Å². The number of amides is 1. The molecule has 1 aromatic rings. The molecule has 0 bridgehead atoms. The minimum atomic E-state index is -0.572. The van der Waals surface area contributed by atoms with Gasteiger partial charge in [0.2, 0.25) is 0 Å². The van der Waals surface area contributed by atoms with E-state index in [0.717, 1.165) is 6.07 Å². The van der Waals surface area contributed by atoms with Crippen LogP contribution in [-0.2, 0) is 4.74 Å². The first-order chi connectivity index (χ1) is 10.1. The van der Waals surface area contributed by atoms with Gasteiger partial charge in [-0.2, -0.15) is 0 Å². The maximum absolute atomic E-state index is 13.8. The number of aliphatic hydroxyl groups excluding tert-OH is 1. The fourth-order valence-corrected chi connectivity index (χ4v) is 1.72. The Kier molecular flexibility index (Phi) is 7.40. The molecule has 0 radical (unpaired) electrons. The number of aliphatic hydroxyl groups is 1. The summed E-state index contributed by atoms with van der Waals surface area (Å²) >= 11 is 0. The van der Waals surface area contributed by atoms with Crippen molar-refractivity contribution in [1.29, 1.82) is 0 Å².